The summed E-state index contributed by atoms with van der Waals surface area (Å²) in [7, 11) is 0. The average molecular weight is 366 g/mol. The van der Waals surface area contributed by atoms with Gasteiger partial charge in [0, 0.05) is 22.0 Å². The second kappa shape index (κ2) is 6.71. The first-order valence-corrected chi connectivity index (χ1v) is 8.51. The first-order chi connectivity index (χ1) is 12.2. The smallest absolute Gasteiger partial charge is 0.162 e. The first-order valence-electron chi connectivity index (χ1n) is 7.76. The second-order valence-electron chi connectivity index (χ2n) is 5.53. The standard InChI is InChI=1S/C20H13Cl2N3/c21-15-11-12-16(22)18-17(15)19(13-7-3-1-4-8-13)24-25-20(18)23-14-9-5-2-6-10-14/h1-12H,(H,23,25). The van der Waals surface area contributed by atoms with E-state index in [1.807, 2.05) is 60.7 Å². The van der Waals surface area contributed by atoms with Gasteiger partial charge in [0.2, 0.25) is 0 Å². The van der Waals surface area contributed by atoms with Crippen LogP contribution >= 0.6 is 23.2 Å². The molecule has 0 saturated heterocycles. The number of halogens is 2. The summed E-state index contributed by atoms with van der Waals surface area (Å²) in [4.78, 5) is 0. The zero-order chi connectivity index (χ0) is 17.2. The van der Waals surface area contributed by atoms with E-state index in [2.05, 4.69) is 15.5 Å². The summed E-state index contributed by atoms with van der Waals surface area (Å²) in [5.41, 5.74) is 2.55. The predicted molar refractivity (Wildman–Crippen MR) is 105 cm³/mol. The van der Waals surface area contributed by atoms with Crippen molar-refractivity contribution in [2.45, 2.75) is 0 Å². The molecule has 4 aromatic rings. The van der Waals surface area contributed by atoms with Crippen molar-refractivity contribution >= 4 is 45.5 Å². The fourth-order valence-electron chi connectivity index (χ4n) is 2.76. The molecular weight excluding hydrogens is 353 g/mol. The van der Waals surface area contributed by atoms with Gasteiger partial charge in [0.25, 0.3) is 0 Å². The molecule has 3 nitrogen and oxygen atoms in total. The van der Waals surface area contributed by atoms with Crippen molar-refractivity contribution in [1.29, 1.82) is 0 Å². The van der Waals surface area contributed by atoms with E-state index in [0.29, 0.717) is 21.6 Å². The Balaban J connectivity index is 1.97. The van der Waals surface area contributed by atoms with Crippen LogP contribution in [0.5, 0.6) is 0 Å². The largest absolute Gasteiger partial charge is 0.338 e. The van der Waals surface area contributed by atoms with Gasteiger partial charge in [0.05, 0.1) is 10.0 Å². The molecule has 1 heterocycles. The Morgan fingerprint density at radius 1 is 0.640 bits per heavy atom. The number of nitrogens with one attached hydrogen (secondary N) is 1. The SMILES string of the molecule is Clc1ccc(Cl)c2c(-c3ccccc3)nnc(Nc3ccccc3)c12. The van der Waals surface area contributed by atoms with Crippen LogP contribution in [0, 0.1) is 0 Å². The van der Waals surface area contributed by atoms with E-state index in [9.17, 15) is 0 Å². The van der Waals surface area contributed by atoms with E-state index in [1.54, 1.807) is 12.1 Å². The monoisotopic (exact) mass is 365 g/mol. The maximum Gasteiger partial charge on any atom is 0.162 e. The molecule has 0 radical (unpaired) electrons. The highest BCUT2D eigenvalue weighted by atomic mass is 35.5. The molecule has 5 heteroatoms. The van der Waals surface area contributed by atoms with Crippen LogP contribution in [0.15, 0.2) is 72.8 Å². The molecule has 0 atom stereocenters. The van der Waals surface area contributed by atoms with Crippen LogP contribution in [0.2, 0.25) is 10.0 Å². The Bertz CT molecular complexity index is 1030. The minimum Gasteiger partial charge on any atom is -0.338 e. The number of fused-ring (bicyclic) bond motifs is 1. The number of anilines is 2. The molecule has 1 aromatic heterocycles. The summed E-state index contributed by atoms with van der Waals surface area (Å²) >= 11 is 13.0. The number of aromatic nitrogens is 2. The highest BCUT2D eigenvalue weighted by Gasteiger charge is 2.16. The van der Waals surface area contributed by atoms with Gasteiger partial charge in [-0.05, 0) is 24.3 Å². The van der Waals surface area contributed by atoms with Crippen molar-refractivity contribution in [3.63, 3.8) is 0 Å². The lowest BCUT2D eigenvalue weighted by atomic mass is 10.0. The summed E-state index contributed by atoms with van der Waals surface area (Å²) in [5.74, 6) is 0.577. The van der Waals surface area contributed by atoms with Crippen LogP contribution in [0.25, 0.3) is 22.0 Å². The van der Waals surface area contributed by atoms with Crippen molar-refractivity contribution < 1.29 is 0 Å². The predicted octanol–water partition coefficient (Wildman–Crippen LogP) is 6.35. The summed E-state index contributed by atoms with van der Waals surface area (Å²) in [5, 5.41) is 14.8. The van der Waals surface area contributed by atoms with Crippen LogP contribution in [0.4, 0.5) is 11.5 Å². The minimum absolute atomic E-state index is 0.574. The van der Waals surface area contributed by atoms with E-state index < -0.39 is 0 Å². The molecule has 4 rings (SSSR count). The molecule has 0 unspecified atom stereocenters. The van der Waals surface area contributed by atoms with Crippen molar-refractivity contribution in [2.75, 3.05) is 5.32 Å². The van der Waals surface area contributed by atoms with Gasteiger partial charge in [-0.15, -0.1) is 10.2 Å². The summed E-state index contributed by atoms with van der Waals surface area (Å²) in [6.07, 6.45) is 0. The summed E-state index contributed by atoms with van der Waals surface area (Å²) in [6.45, 7) is 0. The molecule has 0 spiro atoms. The lowest BCUT2D eigenvalue weighted by Crippen LogP contribution is -2.00. The molecule has 0 saturated carbocycles. The second-order valence-corrected chi connectivity index (χ2v) is 6.35. The van der Waals surface area contributed by atoms with Gasteiger partial charge in [-0.2, -0.15) is 0 Å². The molecule has 0 aliphatic heterocycles. The third-order valence-electron chi connectivity index (χ3n) is 3.91. The highest BCUT2D eigenvalue weighted by Crippen LogP contribution is 2.39. The number of para-hydroxylation sites is 1. The van der Waals surface area contributed by atoms with E-state index in [1.165, 1.54) is 0 Å². The van der Waals surface area contributed by atoms with Gasteiger partial charge in [-0.25, -0.2) is 0 Å². The van der Waals surface area contributed by atoms with Crippen LogP contribution in [-0.2, 0) is 0 Å². The normalized spacial score (nSPS) is 10.8. The average Bonchev–Trinajstić information content (AvgIpc) is 2.66. The van der Waals surface area contributed by atoms with Gasteiger partial charge in [0.15, 0.2) is 5.82 Å². The fraction of sp³-hybridized carbons (Fsp3) is 0. The summed E-state index contributed by atoms with van der Waals surface area (Å²) in [6, 6.07) is 23.1. The quantitative estimate of drug-likeness (QED) is 0.459. The van der Waals surface area contributed by atoms with Crippen LogP contribution in [0.3, 0.4) is 0 Å². The summed E-state index contributed by atoms with van der Waals surface area (Å²) < 4.78 is 0. The van der Waals surface area contributed by atoms with Crippen molar-refractivity contribution in [3.8, 4) is 11.3 Å². The third-order valence-corrected chi connectivity index (χ3v) is 4.54. The maximum absolute atomic E-state index is 6.50. The van der Waals surface area contributed by atoms with E-state index in [-0.39, 0.29) is 0 Å². The van der Waals surface area contributed by atoms with Crippen molar-refractivity contribution in [1.82, 2.24) is 10.2 Å². The lowest BCUT2D eigenvalue weighted by Gasteiger charge is -2.13. The Labute approximate surface area is 155 Å². The number of benzene rings is 3. The molecule has 0 aliphatic carbocycles. The third kappa shape index (κ3) is 3.04. The Kier molecular flexibility index (Phi) is 4.26. The number of nitrogens with zero attached hydrogens (tertiary/aromatic N) is 2. The fourth-order valence-corrected chi connectivity index (χ4v) is 3.25. The van der Waals surface area contributed by atoms with Gasteiger partial charge >= 0.3 is 0 Å². The molecule has 122 valence electrons. The highest BCUT2D eigenvalue weighted by molar-refractivity contribution is 6.42. The topological polar surface area (TPSA) is 37.8 Å². The van der Waals surface area contributed by atoms with Gasteiger partial charge in [-0.1, -0.05) is 71.7 Å². The Morgan fingerprint density at radius 3 is 1.92 bits per heavy atom. The van der Waals surface area contributed by atoms with Gasteiger partial charge in [0.1, 0.15) is 5.69 Å². The molecular formula is C20H13Cl2N3. The molecule has 0 bridgehead atoms. The zero-order valence-corrected chi connectivity index (χ0v) is 14.6. The molecule has 0 amide bonds. The van der Waals surface area contributed by atoms with E-state index in [0.717, 1.165) is 22.0 Å². The molecule has 0 aliphatic rings. The van der Waals surface area contributed by atoms with Crippen molar-refractivity contribution in [2.24, 2.45) is 0 Å². The Morgan fingerprint density at radius 2 is 1.24 bits per heavy atom. The van der Waals surface area contributed by atoms with E-state index in [4.69, 9.17) is 23.2 Å². The maximum atomic E-state index is 6.50. The van der Waals surface area contributed by atoms with Gasteiger partial charge in [-0.3, -0.25) is 0 Å². The van der Waals surface area contributed by atoms with Gasteiger partial charge < -0.3 is 5.32 Å². The minimum atomic E-state index is 0.574. The Hall–Kier alpha value is -2.62. The number of hydrogen-bond donors (Lipinski definition) is 1. The number of hydrogen-bond acceptors (Lipinski definition) is 3. The number of rotatable bonds is 3. The van der Waals surface area contributed by atoms with Crippen molar-refractivity contribution in [3.05, 3.63) is 82.8 Å². The molecule has 0 fully saturated rings. The van der Waals surface area contributed by atoms with Crippen LogP contribution in [0.1, 0.15) is 0 Å². The molecule has 25 heavy (non-hydrogen) atoms. The van der Waals surface area contributed by atoms with E-state index >= 15 is 0 Å². The lowest BCUT2D eigenvalue weighted by molar-refractivity contribution is 1.06. The first kappa shape index (κ1) is 15.9. The zero-order valence-electron chi connectivity index (χ0n) is 13.1. The molecule has 3 aromatic carbocycles. The molecule has 1 N–H and O–H groups in total. The van der Waals surface area contributed by atoms with Crippen LogP contribution in [-0.4, -0.2) is 10.2 Å². The van der Waals surface area contributed by atoms with Crippen LogP contribution < -0.4 is 5.32 Å².